The molecular formula is C17H16FN5O3. The number of hydrogen-bond donors (Lipinski definition) is 2. The fraction of sp³-hybridized carbons (Fsp3) is 0.294. The van der Waals surface area contributed by atoms with E-state index in [0.29, 0.717) is 31.6 Å². The maximum absolute atomic E-state index is 13.2. The molecule has 1 fully saturated rings. The van der Waals surface area contributed by atoms with Crippen LogP contribution >= 0.6 is 0 Å². The van der Waals surface area contributed by atoms with Crippen molar-refractivity contribution < 1.29 is 19.1 Å². The molecule has 2 amide bonds. The van der Waals surface area contributed by atoms with Crippen LogP contribution < -0.4 is 5.32 Å². The summed E-state index contributed by atoms with van der Waals surface area (Å²) in [4.78, 5) is 24.8. The second-order valence-corrected chi connectivity index (χ2v) is 5.95. The number of nitrogens with zero attached hydrogens (tertiary/aromatic N) is 4. The molecule has 134 valence electrons. The number of aromatic nitrogens is 2. The number of carboxylic acids is 1. The fourth-order valence-electron chi connectivity index (χ4n) is 2.84. The van der Waals surface area contributed by atoms with E-state index >= 15 is 0 Å². The minimum Gasteiger partial charge on any atom is -0.481 e. The van der Waals surface area contributed by atoms with Crippen LogP contribution in [0.3, 0.4) is 0 Å². The molecule has 0 radical (unpaired) electrons. The van der Waals surface area contributed by atoms with E-state index in [0.717, 1.165) is 6.07 Å². The van der Waals surface area contributed by atoms with E-state index in [1.54, 1.807) is 12.3 Å². The second-order valence-electron chi connectivity index (χ2n) is 5.95. The third-order valence-electron chi connectivity index (χ3n) is 4.28. The Balaban J connectivity index is 1.67. The summed E-state index contributed by atoms with van der Waals surface area (Å²) >= 11 is 0. The largest absolute Gasteiger partial charge is 0.481 e. The number of carbonyl (C=O) groups excluding carboxylic acids is 1. The molecule has 0 aliphatic carbocycles. The first kappa shape index (κ1) is 17.4. The van der Waals surface area contributed by atoms with Crippen molar-refractivity contribution in [1.29, 1.82) is 5.26 Å². The Kier molecular flexibility index (Phi) is 4.84. The monoisotopic (exact) mass is 357 g/mol. The molecule has 0 bridgehead atoms. The van der Waals surface area contributed by atoms with Crippen LogP contribution in [0.5, 0.6) is 0 Å². The Morgan fingerprint density at radius 2 is 2.04 bits per heavy atom. The zero-order chi connectivity index (χ0) is 18.7. The lowest BCUT2D eigenvalue weighted by Crippen LogP contribution is -2.42. The number of anilines is 1. The minimum absolute atomic E-state index is 0.127. The quantitative estimate of drug-likeness (QED) is 0.875. The van der Waals surface area contributed by atoms with Crippen molar-refractivity contribution in [3.63, 3.8) is 0 Å². The van der Waals surface area contributed by atoms with Gasteiger partial charge in [0.15, 0.2) is 5.82 Å². The van der Waals surface area contributed by atoms with Crippen molar-refractivity contribution in [2.75, 3.05) is 18.4 Å². The maximum Gasteiger partial charge on any atom is 0.323 e. The normalized spacial score (nSPS) is 14.7. The molecule has 3 rings (SSSR count). The first-order chi connectivity index (χ1) is 12.5. The molecule has 26 heavy (non-hydrogen) atoms. The van der Waals surface area contributed by atoms with Crippen LogP contribution in [0.4, 0.5) is 15.0 Å². The van der Waals surface area contributed by atoms with Crippen molar-refractivity contribution in [2.24, 2.45) is 5.92 Å². The van der Waals surface area contributed by atoms with Crippen LogP contribution in [-0.2, 0) is 4.79 Å². The molecule has 0 spiro atoms. The summed E-state index contributed by atoms with van der Waals surface area (Å²) in [6, 6.07) is 6.88. The number of aliphatic carboxylic acids is 1. The summed E-state index contributed by atoms with van der Waals surface area (Å²) < 4.78 is 14.6. The predicted molar refractivity (Wildman–Crippen MR) is 89.2 cm³/mol. The number of nitriles is 1. The lowest BCUT2D eigenvalue weighted by Gasteiger charge is -2.29. The van der Waals surface area contributed by atoms with Crippen molar-refractivity contribution in [1.82, 2.24) is 14.7 Å². The van der Waals surface area contributed by atoms with Crippen LogP contribution in [0.15, 0.2) is 30.5 Å². The third-order valence-corrected chi connectivity index (χ3v) is 4.28. The summed E-state index contributed by atoms with van der Waals surface area (Å²) in [7, 11) is 0. The number of piperidine rings is 1. The molecule has 2 aromatic rings. The molecule has 2 heterocycles. The van der Waals surface area contributed by atoms with E-state index < -0.39 is 17.7 Å². The number of urea groups is 1. The lowest BCUT2D eigenvalue weighted by atomic mass is 9.97. The van der Waals surface area contributed by atoms with Gasteiger partial charge >= 0.3 is 12.0 Å². The number of hydrogen-bond acceptors (Lipinski definition) is 4. The van der Waals surface area contributed by atoms with Crippen LogP contribution in [0.25, 0.3) is 5.69 Å². The van der Waals surface area contributed by atoms with E-state index in [1.807, 2.05) is 6.07 Å². The highest BCUT2D eigenvalue weighted by molar-refractivity contribution is 5.88. The number of benzene rings is 1. The molecule has 9 heteroatoms. The molecule has 0 unspecified atom stereocenters. The van der Waals surface area contributed by atoms with Gasteiger partial charge in [0, 0.05) is 25.4 Å². The smallest absolute Gasteiger partial charge is 0.323 e. The Labute approximate surface area is 148 Å². The number of halogens is 1. The number of carbonyl (C=O) groups is 2. The average molecular weight is 357 g/mol. The second kappa shape index (κ2) is 7.23. The average Bonchev–Trinajstić information content (AvgIpc) is 3.09. The topological polar surface area (TPSA) is 111 Å². The Morgan fingerprint density at radius 3 is 2.69 bits per heavy atom. The van der Waals surface area contributed by atoms with Gasteiger partial charge in [-0.15, -0.1) is 5.10 Å². The van der Waals surface area contributed by atoms with Crippen molar-refractivity contribution in [2.45, 2.75) is 12.8 Å². The summed E-state index contributed by atoms with van der Waals surface area (Å²) in [5, 5.41) is 24.9. The molecule has 0 atom stereocenters. The standard InChI is InChI=1S/C17H16FN5O3/c18-13-1-2-14(12(9-13)10-19)23-8-5-15(21-23)20-17(26)22-6-3-11(4-7-22)16(24)25/h1-2,5,8-9,11H,3-4,6-7H2,(H,24,25)(H,20,21,26). The Hall–Kier alpha value is -3.41. The van der Waals surface area contributed by atoms with Gasteiger partial charge in [0.2, 0.25) is 0 Å². The molecule has 1 aliphatic heterocycles. The third kappa shape index (κ3) is 3.64. The number of nitrogens with one attached hydrogen (secondary N) is 1. The Bertz CT molecular complexity index is 881. The van der Waals surface area contributed by atoms with E-state index in [2.05, 4.69) is 10.4 Å². The van der Waals surface area contributed by atoms with Gasteiger partial charge in [-0.05, 0) is 31.0 Å². The summed E-state index contributed by atoms with van der Waals surface area (Å²) in [5.41, 5.74) is 0.526. The molecular weight excluding hydrogens is 341 g/mol. The van der Waals surface area contributed by atoms with Crippen molar-refractivity contribution >= 4 is 17.8 Å². The fourth-order valence-corrected chi connectivity index (χ4v) is 2.84. The van der Waals surface area contributed by atoms with Gasteiger partial charge in [-0.25, -0.2) is 13.9 Å². The number of rotatable bonds is 3. The predicted octanol–water partition coefficient (Wildman–Crippen LogP) is 2.21. The molecule has 8 nitrogen and oxygen atoms in total. The van der Waals surface area contributed by atoms with Gasteiger partial charge in [0.1, 0.15) is 11.9 Å². The summed E-state index contributed by atoms with van der Waals surface area (Å²) in [6.07, 6.45) is 2.39. The Morgan fingerprint density at radius 1 is 1.31 bits per heavy atom. The molecule has 1 aliphatic rings. The minimum atomic E-state index is -0.837. The van der Waals surface area contributed by atoms with Gasteiger partial charge in [0.25, 0.3) is 0 Å². The molecule has 1 aromatic heterocycles. The maximum atomic E-state index is 13.2. The highest BCUT2D eigenvalue weighted by Gasteiger charge is 2.27. The summed E-state index contributed by atoms with van der Waals surface area (Å²) in [6.45, 7) is 0.722. The van der Waals surface area contributed by atoms with Crippen LogP contribution in [0.2, 0.25) is 0 Å². The SMILES string of the molecule is N#Cc1cc(F)ccc1-n1ccc(NC(=O)N2CCC(C(=O)O)CC2)n1. The first-order valence-corrected chi connectivity index (χ1v) is 8.02. The van der Waals surface area contributed by atoms with E-state index in [1.165, 1.54) is 21.7 Å². The molecule has 2 N–H and O–H groups in total. The lowest BCUT2D eigenvalue weighted by molar-refractivity contribution is -0.143. The van der Waals surface area contributed by atoms with Crippen molar-refractivity contribution in [3.05, 3.63) is 41.8 Å². The number of likely N-dealkylation sites (tertiary alicyclic amines) is 1. The van der Waals surface area contributed by atoms with Crippen LogP contribution in [-0.4, -0.2) is 44.9 Å². The number of carboxylic acid groups (broad SMARTS) is 1. The highest BCUT2D eigenvalue weighted by atomic mass is 19.1. The van der Waals surface area contributed by atoms with E-state index in [4.69, 9.17) is 10.4 Å². The first-order valence-electron chi connectivity index (χ1n) is 8.02. The zero-order valence-corrected chi connectivity index (χ0v) is 13.7. The number of amides is 2. The van der Waals surface area contributed by atoms with Gasteiger partial charge in [-0.1, -0.05) is 0 Å². The van der Waals surface area contributed by atoms with Gasteiger partial charge in [-0.3, -0.25) is 10.1 Å². The summed E-state index contributed by atoms with van der Waals surface area (Å²) in [5.74, 6) is -1.49. The highest BCUT2D eigenvalue weighted by Crippen LogP contribution is 2.19. The van der Waals surface area contributed by atoms with Crippen LogP contribution in [0, 0.1) is 23.1 Å². The molecule has 1 saturated heterocycles. The molecule has 0 saturated carbocycles. The van der Waals surface area contributed by atoms with Gasteiger partial charge < -0.3 is 10.0 Å². The van der Waals surface area contributed by atoms with E-state index in [9.17, 15) is 14.0 Å². The van der Waals surface area contributed by atoms with E-state index in [-0.39, 0.29) is 17.4 Å². The molecule has 1 aromatic carbocycles. The van der Waals surface area contributed by atoms with Gasteiger partial charge in [0.05, 0.1) is 17.2 Å². The van der Waals surface area contributed by atoms with Crippen LogP contribution in [0.1, 0.15) is 18.4 Å². The zero-order valence-electron chi connectivity index (χ0n) is 13.7. The van der Waals surface area contributed by atoms with Crippen molar-refractivity contribution in [3.8, 4) is 11.8 Å². The van der Waals surface area contributed by atoms with Gasteiger partial charge in [-0.2, -0.15) is 5.26 Å².